The summed E-state index contributed by atoms with van der Waals surface area (Å²) in [6, 6.07) is 13.0. The van der Waals surface area contributed by atoms with E-state index >= 15 is 0 Å². The summed E-state index contributed by atoms with van der Waals surface area (Å²) in [5.41, 5.74) is 3.21. The molecule has 0 aliphatic heterocycles. The molecule has 0 saturated carbocycles. The maximum absolute atomic E-state index is 11.6. The van der Waals surface area contributed by atoms with Crippen molar-refractivity contribution in [3.05, 3.63) is 53.6 Å². The maximum atomic E-state index is 11.6. The van der Waals surface area contributed by atoms with Crippen molar-refractivity contribution in [3.8, 4) is 11.1 Å². The van der Waals surface area contributed by atoms with Crippen LogP contribution in [-0.2, 0) is 4.74 Å². The fraction of sp³-hybridized carbons (Fsp3) is 0.333. The van der Waals surface area contributed by atoms with Crippen LogP contribution in [0.3, 0.4) is 0 Å². The van der Waals surface area contributed by atoms with Gasteiger partial charge in [-0.05, 0) is 62.6 Å². The number of nitrogens with one attached hydrogen (secondary N) is 2. The van der Waals surface area contributed by atoms with Crippen LogP contribution in [0.15, 0.2) is 42.5 Å². The Morgan fingerprint density at radius 1 is 1.07 bits per heavy atom. The Balaban J connectivity index is 1.99. The number of benzene rings is 2. The van der Waals surface area contributed by atoms with Gasteiger partial charge in [0.25, 0.3) is 0 Å². The van der Waals surface area contributed by atoms with E-state index in [1.54, 1.807) is 12.1 Å². The average Bonchev–Trinajstić information content (AvgIpc) is 2.57. The van der Waals surface area contributed by atoms with Gasteiger partial charge in [-0.15, -0.1) is 0 Å². The van der Waals surface area contributed by atoms with Crippen LogP contribution in [0.4, 0.5) is 10.5 Å². The van der Waals surface area contributed by atoms with Crippen LogP contribution in [0.25, 0.3) is 11.1 Å². The Morgan fingerprint density at radius 3 is 2.44 bits per heavy atom. The van der Waals surface area contributed by atoms with Crippen molar-refractivity contribution in [2.75, 3.05) is 18.4 Å². The van der Waals surface area contributed by atoms with Crippen molar-refractivity contribution in [3.63, 3.8) is 0 Å². The minimum Gasteiger partial charge on any atom is -0.478 e. The topological polar surface area (TPSA) is 87.7 Å². The molecule has 144 valence electrons. The highest BCUT2D eigenvalue weighted by molar-refractivity contribution is 5.92. The van der Waals surface area contributed by atoms with E-state index in [-0.39, 0.29) is 0 Å². The molecule has 0 bridgehead atoms. The van der Waals surface area contributed by atoms with E-state index in [0.717, 1.165) is 22.4 Å². The number of carboxylic acids is 1. The molecule has 2 aromatic carbocycles. The minimum absolute atomic E-state index is 0.299. The van der Waals surface area contributed by atoms with Crippen molar-refractivity contribution >= 4 is 17.7 Å². The summed E-state index contributed by atoms with van der Waals surface area (Å²) >= 11 is 0. The second kappa shape index (κ2) is 8.58. The normalized spacial score (nSPS) is 11.0. The van der Waals surface area contributed by atoms with Crippen molar-refractivity contribution in [2.45, 2.75) is 33.3 Å². The SMILES string of the molecule is Cc1c(C(=O)O)cccc1-c1cccc(NCCNC(=O)OC(C)(C)C)c1. The summed E-state index contributed by atoms with van der Waals surface area (Å²) in [7, 11) is 0. The Labute approximate surface area is 159 Å². The van der Waals surface area contributed by atoms with Crippen molar-refractivity contribution < 1.29 is 19.4 Å². The third-order valence-electron chi connectivity index (χ3n) is 3.86. The molecule has 0 atom stereocenters. The molecule has 6 heteroatoms. The average molecular weight is 370 g/mol. The third-order valence-corrected chi connectivity index (χ3v) is 3.86. The van der Waals surface area contributed by atoms with E-state index in [2.05, 4.69) is 10.6 Å². The van der Waals surface area contributed by atoms with Gasteiger partial charge in [-0.1, -0.05) is 24.3 Å². The van der Waals surface area contributed by atoms with Gasteiger partial charge in [0.15, 0.2) is 0 Å². The summed E-state index contributed by atoms with van der Waals surface area (Å²) in [5.74, 6) is -0.933. The van der Waals surface area contributed by atoms with Crippen LogP contribution in [0.5, 0.6) is 0 Å². The number of carboxylic acid groups (broad SMARTS) is 1. The summed E-state index contributed by atoms with van der Waals surface area (Å²) in [4.78, 5) is 23.0. The van der Waals surface area contributed by atoms with Gasteiger partial charge in [0.2, 0.25) is 0 Å². The zero-order chi connectivity index (χ0) is 20.0. The first-order chi connectivity index (χ1) is 12.7. The first-order valence-electron chi connectivity index (χ1n) is 8.81. The summed E-state index contributed by atoms with van der Waals surface area (Å²) in [5, 5.41) is 15.2. The van der Waals surface area contributed by atoms with Crippen molar-refractivity contribution in [1.82, 2.24) is 5.32 Å². The number of alkyl carbamates (subject to hydrolysis) is 1. The Bertz CT molecular complexity index is 825. The van der Waals surface area contributed by atoms with Crippen LogP contribution >= 0.6 is 0 Å². The minimum atomic E-state index is -0.933. The van der Waals surface area contributed by atoms with Gasteiger partial charge in [0, 0.05) is 18.8 Å². The zero-order valence-electron chi connectivity index (χ0n) is 16.1. The van der Waals surface area contributed by atoms with E-state index in [4.69, 9.17) is 4.74 Å². The summed E-state index contributed by atoms with van der Waals surface area (Å²) in [6.45, 7) is 8.22. The number of carbonyl (C=O) groups excluding carboxylic acids is 1. The summed E-state index contributed by atoms with van der Waals surface area (Å²) < 4.78 is 5.18. The lowest BCUT2D eigenvalue weighted by molar-refractivity contribution is 0.0529. The molecule has 6 nitrogen and oxygen atoms in total. The molecule has 2 aromatic rings. The number of rotatable bonds is 6. The molecule has 0 spiro atoms. The molecule has 0 aliphatic rings. The largest absolute Gasteiger partial charge is 0.478 e. The van der Waals surface area contributed by atoms with Crippen LogP contribution in [0.1, 0.15) is 36.7 Å². The van der Waals surface area contributed by atoms with Gasteiger partial charge in [0.1, 0.15) is 5.60 Å². The van der Waals surface area contributed by atoms with Gasteiger partial charge < -0.3 is 20.5 Å². The molecule has 0 fully saturated rings. The van der Waals surface area contributed by atoms with E-state index in [1.165, 1.54) is 0 Å². The molecular weight excluding hydrogens is 344 g/mol. The van der Waals surface area contributed by atoms with Gasteiger partial charge in [-0.25, -0.2) is 9.59 Å². The van der Waals surface area contributed by atoms with Crippen LogP contribution in [0.2, 0.25) is 0 Å². The molecule has 0 aliphatic carbocycles. The fourth-order valence-electron chi connectivity index (χ4n) is 2.66. The highest BCUT2D eigenvalue weighted by Gasteiger charge is 2.15. The lowest BCUT2D eigenvalue weighted by Gasteiger charge is -2.19. The van der Waals surface area contributed by atoms with E-state index in [0.29, 0.717) is 18.7 Å². The predicted octanol–water partition coefficient (Wildman–Crippen LogP) is 4.30. The number of carbonyl (C=O) groups is 2. The van der Waals surface area contributed by atoms with Gasteiger partial charge in [-0.3, -0.25) is 0 Å². The molecule has 0 unspecified atom stereocenters. The molecule has 0 aromatic heterocycles. The molecular formula is C21H26N2O4. The molecule has 1 amide bonds. The van der Waals surface area contributed by atoms with Crippen LogP contribution in [0, 0.1) is 6.92 Å². The highest BCUT2D eigenvalue weighted by Crippen LogP contribution is 2.27. The molecule has 3 N–H and O–H groups in total. The van der Waals surface area contributed by atoms with E-state index < -0.39 is 17.7 Å². The second-order valence-corrected chi connectivity index (χ2v) is 7.22. The lowest BCUT2D eigenvalue weighted by atomic mass is 9.96. The van der Waals surface area contributed by atoms with Crippen LogP contribution < -0.4 is 10.6 Å². The quantitative estimate of drug-likeness (QED) is 0.660. The second-order valence-electron chi connectivity index (χ2n) is 7.22. The van der Waals surface area contributed by atoms with Gasteiger partial charge in [0.05, 0.1) is 5.56 Å². The molecule has 2 rings (SSSR count). The zero-order valence-corrected chi connectivity index (χ0v) is 16.1. The Morgan fingerprint density at radius 2 is 1.78 bits per heavy atom. The maximum Gasteiger partial charge on any atom is 0.407 e. The molecule has 0 saturated heterocycles. The first kappa shape index (κ1) is 20.3. The Kier molecular flexibility index (Phi) is 6.45. The van der Waals surface area contributed by atoms with E-state index in [1.807, 2.05) is 58.0 Å². The van der Waals surface area contributed by atoms with Crippen molar-refractivity contribution in [1.29, 1.82) is 0 Å². The standard InChI is InChI=1S/C21H26N2O4/c1-14-17(9-6-10-18(14)19(24)25)15-7-5-8-16(13-15)22-11-12-23-20(26)27-21(2,3)4/h5-10,13,22H,11-12H2,1-4H3,(H,23,26)(H,24,25). The van der Waals surface area contributed by atoms with E-state index in [9.17, 15) is 14.7 Å². The molecule has 0 heterocycles. The van der Waals surface area contributed by atoms with Crippen LogP contribution in [-0.4, -0.2) is 35.9 Å². The summed E-state index contributed by atoms with van der Waals surface area (Å²) in [6.07, 6.45) is -0.445. The number of aromatic carboxylic acids is 1. The number of anilines is 1. The number of ether oxygens (including phenoxy) is 1. The Hall–Kier alpha value is -3.02. The molecule has 27 heavy (non-hydrogen) atoms. The van der Waals surface area contributed by atoms with Gasteiger partial charge >= 0.3 is 12.1 Å². The number of hydrogen-bond donors (Lipinski definition) is 3. The number of hydrogen-bond acceptors (Lipinski definition) is 4. The third kappa shape index (κ3) is 6.02. The fourth-order valence-corrected chi connectivity index (χ4v) is 2.66. The monoisotopic (exact) mass is 370 g/mol. The number of amides is 1. The smallest absolute Gasteiger partial charge is 0.407 e. The molecule has 0 radical (unpaired) electrons. The van der Waals surface area contributed by atoms with Crippen molar-refractivity contribution in [2.24, 2.45) is 0 Å². The predicted molar refractivity (Wildman–Crippen MR) is 106 cm³/mol. The first-order valence-corrected chi connectivity index (χ1v) is 8.81. The lowest BCUT2D eigenvalue weighted by Crippen LogP contribution is -2.34. The van der Waals surface area contributed by atoms with Gasteiger partial charge in [-0.2, -0.15) is 0 Å². The highest BCUT2D eigenvalue weighted by atomic mass is 16.6.